The summed E-state index contributed by atoms with van der Waals surface area (Å²) >= 11 is 6.64. The van der Waals surface area contributed by atoms with Gasteiger partial charge in [0.25, 0.3) is 5.56 Å². The first-order valence-corrected chi connectivity index (χ1v) is 13.5. The topological polar surface area (TPSA) is 176 Å². The van der Waals surface area contributed by atoms with Crippen molar-refractivity contribution in [3.63, 3.8) is 0 Å². The first-order valence-electron chi connectivity index (χ1n) is 13.2. The molecule has 2 aromatic heterocycles. The van der Waals surface area contributed by atoms with Gasteiger partial charge in [-0.05, 0) is 19.3 Å². The fourth-order valence-corrected chi connectivity index (χ4v) is 6.79. The van der Waals surface area contributed by atoms with Gasteiger partial charge in [-0.3, -0.25) is 19.2 Å². The average Bonchev–Trinajstić information content (AvgIpc) is 2.94. The highest BCUT2D eigenvalue weighted by molar-refractivity contribution is 6.46. The summed E-state index contributed by atoms with van der Waals surface area (Å²) < 4.78 is 12.7. The molecule has 0 fully saturated rings. The Hall–Kier alpha value is -3.77. The molecule has 0 amide bonds. The minimum absolute atomic E-state index is 0.0246. The molecule has 6 rings (SSSR count). The molecule has 3 unspecified atom stereocenters. The molecule has 0 aliphatic heterocycles. The summed E-state index contributed by atoms with van der Waals surface area (Å²) in [7, 11) is 2.72. The van der Waals surface area contributed by atoms with Crippen molar-refractivity contribution < 1.29 is 39.2 Å². The van der Waals surface area contributed by atoms with Crippen LogP contribution in [0.3, 0.4) is 0 Å². The van der Waals surface area contributed by atoms with Gasteiger partial charge < -0.3 is 34.1 Å². The largest absolute Gasteiger partial charge is 0.504 e. The molecule has 41 heavy (non-hydrogen) atoms. The molecule has 0 radical (unpaired) electrons. The van der Waals surface area contributed by atoms with Gasteiger partial charge in [0.2, 0.25) is 11.2 Å². The molecule has 0 bridgehead atoms. The van der Waals surface area contributed by atoms with E-state index >= 15 is 0 Å². The fourth-order valence-electron chi connectivity index (χ4n) is 6.39. The van der Waals surface area contributed by atoms with Gasteiger partial charge in [0.1, 0.15) is 28.9 Å². The number of aromatic nitrogens is 1. The van der Waals surface area contributed by atoms with Crippen LogP contribution < -0.4 is 15.7 Å². The zero-order valence-corrected chi connectivity index (χ0v) is 23.1. The monoisotopic (exact) mass is 583 g/mol. The first kappa shape index (κ1) is 27.4. The molecule has 12 heteroatoms. The molecule has 0 spiro atoms. The second-order valence-corrected chi connectivity index (χ2v) is 10.9. The number of nitrogens with zero attached hydrogens (tertiary/aromatic N) is 1. The number of carbonyl (C=O) groups excluding carboxylic acids is 2. The summed E-state index contributed by atoms with van der Waals surface area (Å²) in [5, 5.41) is 42.1. The second-order valence-electron chi connectivity index (χ2n) is 10.5. The highest BCUT2D eigenvalue weighted by atomic mass is 35.5. The molecular weight excluding hydrogens is 558 g/mol. The van der Waals surface area contributed by atoms with Gasteiger partial charge in [0, 0.05) is 41.4 Å². The maximum Gasteiger partial charge on any atom is 0.262 e. The van der Waals surface area contributed by atoms with Crippen LogP contribution in [0.25, 0.3) is 16.5 Å². The predicted molar refractivity (Wildman–Crippen MR) is 146 cm³/mol. The number of rotatable bonds is 3. The van der Waals surface area contributed by atoms with Gasteiger partial charge in [0.05, 0.1) is 29.4 Å². The van der Waals surface area contributed by atoms with E-state index in [9.17, 15) is 39.6 Å². The summed E-state index contributed by atoms with van der Waals surface area (Å²) in [5.74, 6) is -2.50. The Balaban J connectivity index is 1.74. The van der Waals surface area contributed by atoms with Crippen molar-refractivity contribution in [2.24, 2.45) is 7.05 Å². The van der Waals surface area contributed by atoms with E-state index in [1.807, 2.05) is 6.92 Å². The Morgan fingerprint density at radius 2 is 1.76 bits per heavy atom. The second kappa shape index (κ2) is 9.38. The molecule has 0 saturated carbocycles. The minimum atomic E-state index is -1.71. The van der Waals surface area contributed by atoms with E-state index in [4.69, 9.17) is 20.8 Å². The standard InChI is InChI=1S/C29H26ClNO10/c1-4-5-11-20(30)16-17(29(39)31(11)2)23(36)14-9(21(16)34)6-7-10-15(14)28-19(25(38)26(10)40-3)24(37)18-22(35)12(32)8-13(33)27(18)41-28/h12-13,22,32-33,35,38H,4-8H2,1-3H3. The molecule has 4 N–H and O–H groups in total. The van der Waals surface area contributed by atoms with Crippen LogP contribution in [0.1, 0.15) is 87.3 Å². The average molecular weight is 584 g/mol. The van der Waals surface area contributed by atoms with Crippen LogP contribution in [0.2, 0.25) is 5.02 Å². The van der Waals surface area contributed by atoms with Crippen molar-refractivity contribution in [1.29, 1.82) is 0 Å². The lowest BCUT2D eigenvalue weighted by Crippen LogP contribution is -2.36. The highest BCUT2D eigenvalue weighted by Crippen LogP contribution is 2.51. The van der Waals surface area contributed by atoms with Crippen molar-refractivity contribution >= 4 is 39.7 Å². The lowest BCUT2D eigenvalue weighted by atomic mass is 9.73. The highest BCUT2D eigenvalue weighted by Gasteiger charge is 2.44. The number of carbonyl (C=O) groups is 2. The van der Waals surface area contributed by atoms with E-state index in [2.05, 4.69) is 0 Å². The van der Waals surface area contributed by atoms with E-state index in [-0.39, 0.29) is 69.2 Å². The van der Waals surface area contributed by atoms with Crippen molar-refractivity contribution in [3.8, 4) is 11.5 Å². The number of Topliss-reactive ketones (excluding diaryl/α,β-unsaturated/α-hetero) is 2. The quantitative estimate of drug-likeness (QED) is 0.358. The molecule has 3 aliphatic rings. The summed E-state index contributed by atoms with van der Waals surface area (Å²) in [6.45, 7) is 1.89. The van der Waals surface area contributed by atoms with Gasteiger partial charge in [-0.2, -0.15) is 0 Å². The first-order chi connectivity index (χ1) is 19.5. The Labute approximate surface area is 236 Å². The third-order valence-corrected chi connectivity index (χ3v) is 8.74. The molecule has 1 aromatic carbocycles. The lowest BCUT2D eigenvalue weighted by Gasteiger charge is -2.31. The van der Waals surface area contributed by atoms with E-state index in [0.717, 1.165) is 0 Å². The Morgan fingerprint density at radius 3 is 2.41 bits per heavy atom. The molecule has 0 saturated heterocycles. The molecule has 2 heterocycles. The number of benzene rings is 1. The number of methoxy groups -OCH3 is 1. The number of pyridine rings is 1. The van der Waals surface area contributed by atoms with Crippen molar-refractivity contribution in [1.82, 2.24) is 4.57 Å². The van der Waals surface area contributed by atoms with Gasteiger partial charge in [-0.1, -0.05) is 24.9 Å². The number of ketones is 2. The maximum absolute atomic E-state index is 14.2. The SMILES string of the molecule is CCCc1c(Cl)c2c(c(=O)n1C)C(=O)C1=C(CCc3c(OC)c(O)c4c(=O)c5c(oc4c31)C(O)CC(O)C5O)C2=O. The predicted octanol–water partition coefficient (Wildman–Crippen LogP) is 2.42. The Morgan fingerprint density at radius 1 is 1.05 bits per heavy atom. The normalized spacial score (nSPS) is 21.5. The number of phenolic OH excluding ortho intramolecular Hbond substituents is 1. The van der Waals surface area contributed by atoms with Gasteiger partial charge in [-0.15, -0.1) is 0 Å². The number of aliphatic hydroxyl groups excluding tert-OH is 3. The number of halogens is 1. The summed E-state index contributed by atoms with van der Waals surface area (Å²) in [5.41, 5.74) is -2.41. The van der Waals surface area contributed by atoms with E-state index in [1.54, 1.807) is 0 Å². The smallest absolute Gasteiger partial charge is 0.262 e. The molecule has 214 valence electrons. The van der Waals surface area contributed by atoms with E-state index in [1.165, 1.54) is 18.7 Å². The van der Waals surface area contributed by atoms with Crippen LogP contribution in [-0.2, 0) is 19.9 Å². The number of fused-ring (bicyclic) bond motifs is 6. The van der Waals surface area contributed by atoms with Crippen LogP contribution >= 0.6 is 11.6 Å². The van der Waals surface area contributed by atoms with Crippen molar-refractivity contribution in [2.45, 2.75) is 57.3 Å². The number of aliphatic hydroxyl groups is 3. The maximum atomic E-state index is 14.2. The molecule has 3 atom stereocenters. The molecule has 3 aliphatic carbocycles. The zero-order valence-electron chi connectivity index (χ0n) is 22.3. The number of aromatic hydroxyl groups is 1. The van der Waals surface area contributed by atoms with E-state index < -0.39 is 63.1 Å². The van der Waals surface area contributed by atoms with Crippen LogP contribution in [0, 0.1) is 0 Å². The minimum Gasteiger partial charge on any atom is -0.504 e. The molecule has 3 aromatic rings. The van der Waals surface area contributed by atoms with Crippen LogP contribution in [0.4, 0.5) is 0 Å². The van der Waals surface area contributed by atoms with Crippen LogP contribution in [0.15, 0.2) is 19.6 Å². The van der Waals surface area contributed by atoms with Crippen molar-refractivity contribution in [2.75, 3.05) is 7.11 Å². The third kappa shape index (κ3) is 3.49. The third-order valence-electron chi connectivity index (χ3n) is 8.33. The van der Waals surface area contributed by atoms with Crippen LogP contribution in [-0.4, -0.2) is 49.8 Å². The van der Waals surface area contributed by atoms with Crippen LogP contribution in [0.5, 0.6) is 11.5 Å². The van der Waals surface area contributed by atoms with E-state index in [0.29, 0.717) is 18.5 Å². The summed E-state index contributed by atoms with van der Waals surface area (Å²) in [6, 6.07) is 0. The number of hydrogen-bond donors (Lipinski definition) is 4. The van der Waals surface area contributed by atoms with Gasteiger partial charge in [-0.25, -0.2) is 0 Å². The number of hydrogen-bond acceptors (Lipinski definition) is 10. The lowest BCUT2D eigenvalue weighted by molar-refractivity contribution is -0.0373. The molecular formula is C29H26ClNO10. The summed E-state index contributed by atoms with van der Waals surface area (Å²) in [4.78, 5) is 55.3. The zero-order chi connectivity index (χ0) is 29.7. The van der Waals surface area contributed by atoms with Gasteiger partial charge >= 0.3 is 0 Å². The summed E-state index contributed by atoms with van der Waals surface area (Å²) in [6.07, 6.45) is -3.79. The number of allylic oxidation sites excluding steroid dienone is 2. The molecule has 11 nitrogen and oxygen atoms in total. The Kier molecular flexibility index (Phi) is 6.27. The van der Waals surface area contributed by atoms with Gasteiger partial charge in [0.15, 0.2) is 22.9 Å². The number of ether oxygens (including phenoxy) is 1. The van der Waals surface area contributed by atoms with Crippen molar-refractivity contribution in [3.05, 3.63) is 70.4 Å². The Bertz CT molecular complexity index is 1880. The fraction of sp³-hybridized carbons (Fsp3) is 0.379. The number of phenols is 1.